The zero-order valence-electron chi connectivity index (χ0n) is 13.9. The van der Waals surface area contributed by atoms with Crippen molar-refractivity contribution in [3.63, 3.8) is 0 Å². The summed E-state index contributed by atoms with van der Waals surface area (Å²) in [4.78, 5) is 7.08. The highest BCUT2D eigenvalue weighted by molar-refractivity contribution is 5.09. The number of rotatable bonds is 7. The molecule has 2 rings (SSSR count). The molecule has 0 spiro atoms. The zero-order chi connectivity index (χ0) is 15.1. The summed E-state index contributed by atoms with van der Waals surface area (Å²) < 4.78 is 0. The van der Waals surface area contributed by atoms with Gasteiger partial charge in [-0.1, -0.05) is 32.8 Å². The maximum absolute atomic E-state index is 4.61. The topological polar surface area (TPSA) is 28.2 Å². The number of hydrogen-bond acceptors (Lipinski definition) is 3. The van der Waals surface area contributed by atoms with Crippen LogP contribution in [0.1, 0.15) is 50.9 Å². The molecule has 2 unspecified atom stereocenters. The van der Waals surface area contributed by atoms with Crippen LogP contribution in [-0.4, -0.2) is 35.6 Å². The van der Waals surface area contributed by atoms with Gasteiger partial charge in [0.2, 0.25) is 0 Å². The Hall–Kier alpha value is -0.930. The minimum Gasteiger partial charge on any atom is -0.312 e. The molecule has 1 fully saturated rings. The average Bonchev–Trinajstić information content (AvgIpc) is 2.48. The number of aryl methyl sites for hydroxylation is 1. The van der Waals surface area contributed by atoms with Gasteiger partial charge in [-0.3, -0.25) is 9.88 Å². The van der Waals surface area contributed by atoms with Gasteiger partial charge in [0.1, 0.15) is 0 Å². The third kappa shape index (κ3) is 5.40. The van der Waals surface area contributed by atoms with E-state index in [9.17, 15) is 0 Å². The lowest BCUT2D eigenvalue weighted by atomic mass is 9.86. The molecule has 21 heavy (non-hydrogen) atoms. The fraction of sp³-hybridized carbons (Fsp3) is 0.722. The van der Waals surface area contributed by atoms with E-state index in [1.165, 1.54) is 31.4 Å². The molecule has 1 heterocycles. The van der Waals surface area contributed by atoms with E-state index < -0.39 is 0 Å². The van der Waals surface area contributed by atoms with E-state index >= 15 is 0 Å². The van der Waals surface area contributed by atoms with Gasteiger partial charge in [-0.15, -0.1) is 0 Å². The highest BCUT2D eigenvalue weighted by Crippen LogP contribution is 2.23. The summed E-state index contributed by atoms with van der Waals surface area (Å²) >= 11 is 0. The van der Waals surface area contributed by atoms with E-state index in [1.54, 1.807) is 0 Å². The first-order valence-corrected chi connectivity index (χ1v) is 8.57. The molecule has 0 bridgehead atoms. The first-order valence-electron chi connectivity index (χ1n) is 8.57. The third-order valence-corrected chi connectivity index (χ3v) is 4.72. The Morgan fingerprint density at radius 3 is 2.81 bits per heavy atom. The molecule has 0 saturated heterocycles. The van der Waals surface area contributed by atoms with Crippen molar-refractivity contribution in [2.75, 3.05) is 19.6 Å². The predicted molar refractivity (Wildman–Crippen MR) is 89.3 cm³/mol. The van der Waals surface area contributed by atoms with Crippen molar-refractivity contribution in [1.82, 2.24) is 15.2 Å². The Labute approximate surface area is 130 Å². The molecule has 1 aliphatic carbocycles. The molecule has 3 heteroatoms. The second-order valence-corrected chi connectivity index (χ2v) is 6.46. The van der Waals surface area contributed by atoms with Crippen molar-refractivity contribution in [3.05, 3.63) is 29.6 Å². The van der Waals surface area contributed by atoms with Crippen LogP contribution < -0.4 is 5.32 Å². The monoisotopic (exact) mass is 289 g/mol. The molecule has 0 aromatic carbocycles. The summed E-state index contributed by atoms with van der Waals surface area (Å²) in [6, 6.07) is 7.03. The molecule has 2 atom stereocenters. The zero-order valence-corrected chi connectivity index (χ0v) is 13.9. The van der Waals surface area contributed by atoms with Crippen LogP contribution in [0.15, 0.2) is 18.2 Å². The Kier molecular flexibility index (Phi) is 6.65. The van der Waals surface area contributed by atoms with E-state index in [-0.39, 0.29) is 0 Å². The van der Waals surface area contributed by atoms with Gasteiger partial charge in [0.05, 0.1) is 5.69 Å². The van der Waals surface area contributed by atoms with Gasteiger partial charge >= 0.3 is 0 Å². The molecule has 0 radical (unpaired) electrons. The van der Waals surface area contributed by atoms with Crippen molar-refractivity contribution < 1.29 is 0 Å². The Bertz CT molecular complexity index is 419. The second-order valence-electron chi connectivity index (χ2n) is 6.46. The van der Waals surface area contributed by atoms with Crippen molar-refractivity contribution in [2.24, 2.45) is 5.92 Å². The molecule has 1 saturated carbocycles. The third-order valence-electron chi connectivity index (χ3n) is 4.72. The van der Waals surface area contributed by atoms with Gasteiger partial charge in [-0.25, -0.2) is 0 Å². The molecular formula is C18H31N3. The minimum absolute atomic E-state index is 0.731. The van der Waals surface area contributed by atoms with Crippen molar-refractivity contribution in [3.8, 4) is 0 Å². The van der Waals surface area contributed by atoms with Crippen LogP contribution in [0.5, 0.6) is 0 Å². The maximum Gasteiger partial charge on any atom is 0.0547 e. The quantitative estimate of drug-likeness (QED) is 0.834. The van der Waals surface area contributed by atoms with Crippen LogP contribution in [-0.2, 0) is 6.54 Å². The van der Waals surface area contributed by atoms with Crippen molar-refractivity contribution in [2.45, 2.75) is 59.0 Å². The van der Waals surface area contributed by atoms with Crippen LogP contribution in [0.3, 0.4) is 0 Å². The lowest BCUT2D eigenvalue weighted by molar-refractivity contribution is 0.241. The van der Waals surface area contributed by atoms with Crippen LogP contribution in [0.2, 0.25) is 0 Å². The van der Waals surface area contributed by atoms with Crippen LogP contribution in [0, 0.1) is 12.8 Å². The summed E-state index contributed by atoms with van der Waals surface area (Å²) in [5.41, 5.74) is 2.29. The first-order chi connectivity index (χ1) is 10.2. The predicted octanol–water partition coefficient (Wildman–Crippen LogP) is 3.38. The lowest BCUT2D eigenvalue weighted by Gasteiger charge is -2.30. The average molecular weight is 289 g/mol. The highest BCUT2D eigenvalue weighted by Gasteiger charge is 2.20. The number of likely N-dealkylation sites (N-methyl/N-ethyl adjacent to an activating group) is 1. The molecule has 1 aliphatic rings. The first kappa shape index (κ1) is 16.4. The molecule has 118 valence electrons. The van der Waals surface area contributed by atoms with Gasteiger partial charge in [0, 0.05) is 31.4 Å². The van der Waals surface area contributed by atoms with Crippen LogP contribution in [0.4, 0.5) is 0 Å². The van der Waals surface area contributed by atoms with E-state index in [1.807, 2.05) is 0 Å². The van der Waals surface area contributed by atoms with Gasteiger partial charge in [-0.05, 0) is 44.4 Å². The summed E-state index contributed by atoms with van der Waals surface area (Å²) in [5.74, 6) is 0.840. The summed E-state index contributed by atoms with van der Waals surface area (Å²) in [5, 5.41) is 3.77. The fourth-order valence-electron chi connectivity index (χ4n) is 3.29. The summed E-state index contributed by atoms with van der Waals surface area (Å²) in [7, 11) is 0. The molecular weight excluding hydrogens is 258 g/mol. The molecule has 3 nitrogen and oxygen atoms in total. The molecule has 1 aromatic rings. The number of nitrogens with zero attached hydrogens (tertiary/aromatic N) is 2. The summed E-state index contributed by atoms with van der Waals surface area (Å²) in [6.45, 7) is 10.9. The normalized spacial score (nSPS) is 22.7. The van der Waals surface area contributed by atoms with E-state index in [4.69, 9.17) is 0 Å². The Morgan fingerprint density at radius 1 is 1.29 bits per heavy atom. The molecule has 1 N–H and O–H groups in total. The highest BCUT2D eigenvalue weighted by atomic mass is 15.1. The molecule has 1 aromatic heterocycles. The summed E-state index contributed by atoms with van der Waals surface area (Å²) in [6.07, 6.45) is 5.56. The number of nitrogens with one attached hydrogen (secondary N) is 1. The second kappa shape index (κ2) is 8.50. The SMILES string of the molecule is CCN(CCNC1CCCCC1C)Cc1cccc(C)n1. The van der Waals surface area contributed by atoms with Crippen LogP contribution >= 0.6 is 0 Å². The van der Waals surface area contributed by atoms with Gasteiger partial charge in [0.15, 0.2) is 0 Å². The van der Waals surface area contributed by atoms with Gasteiger partial charge < -0.3 is 5.32 Å². The van der Waals surface area contributed by atoms with Gasteiger partial charge in [-0.2, -0.15) is 0 Å². The Balaban J connectivity index is 1.74. The fourth-order valence-corrected chi connectivity index (χ4v) is 3.29. The number of hydrogen-bond donors (Lipinski definition) is 1. The van der Waals surface area contributed by atoms with Crippen molar-refractivity contribution >= 4 is 0 Å². The maximum atomic E-state index is 4.61. The lowest BCUT2D eigenvalue weighted by Crippen LogP contribution is -2.41. The van der Waals surface area contributed by atoms with Crippen molar-refractivity contribution in [1.29, 1.82) is 0 Å². The minimum atomic E-state index is 0.731. The van der Waals surface area contributed by atoms with E-state index in [2.05, 4.69) is 54.2 Å². The smallest absolute Gasteiger partial charge is 0.0547 e. The Morgan fingerprint density at radius 2 is 2.10 bits per heavy atom. The van der Waals surface area contributed by atoms with E-state index in [0.717, 1.165) is 43.8 Å². The standard InChI is InChI=1S/C18H31N3/c1-4-21(14-17-10-7-9-16(3)20-17)13-12-19-18-11-6-5-8-15(18)2/h7,9-10,15,18-19H,4-6,8,11-14H2,1-3H3. The molecule has 0 aliphatic heterocycles. The molecule has 0 amide bonds. The largest absolute Gasteiger partial charge is 0.312 e. The van der Waals surface area contributed by atoms with Gasteiger partial charge in [0.25, 0.3) is 0 Å². The van der Waals surface area contributed by atoms with E-state index in [0.29, 0.717) is 0 Å². The number of pyridine rings is 1. The van der Waals surface area contributed by atoms with Crippen LogP contribution in [0.25, 0.3) is 0 Å². The number of aromatic nitrogens is 1.